The summed E-state index contributed by atoms with van der Waals surface area (Å²) in [5.74, 6) is 1.27. The number of benzene rings is 1. The van der Waals surface area contributed by atoms with Gasteiger partial charge < -0.3 is 15.8 Å². The standard InChI is InChI=1S/C15H22N2O2/c1-19-13-8-6-12(7-9-13)17-15(18)14-5-3-2-4-11(14)10-16/h6-9,11,14H,2-5,10,16H2,1H3,(H,17,18). The molecule has 104 valence electrons. The van der Waals surface area contributed by atoms with Crippen molar-refractivity contribution >= 4 is 11.6 Å². The molecule has 1 aliphatic carbocycles. The molecule has 0 saturated heterocycles. The molecule has 4 nitrogen and oxygen atoms in total. The van der Waals surface area contributed by atoms with E-state index in [-0.39, 0.29) is 11.8 Å². The lowest BCUT2D eigenvalue weighted by Gasteiger charge is -2.29. The van der Waals surface area contributed by atoms with Gasteiger partial charge in [0.15, 0.2) is 0 Å². The Balaban J connectivity index is 1.98. The van der Waals surface area contributed by atoms with E-state index in [0.29, 0.717) is 12.5 Å². The van der Waals surface area contributed by atoms with Gasteiger partial charge in [-0.25, -0.2) is 0 Å². The molecule has 2 unspecified atom stereocenters. The van der Waals surface area contributed by atoms with Crippen molar-refractivity contribution in [3.8, 4) is 5.75 Å². The zero-order chi connectivity index (χ0) is 13.7. The maximum Gasteiger partial charge on any atom is 0.227 e. The number of methoxy groups -OCH3 is 1. The zero-order valence-corrected chi connectivity index (χ0v) is 11.4. The average Bonchev–Trinajstić information content (AvgIpc) is 2.48. The summed E-state index contributed by atoms with van der Waals surface area (Å²) in [6, 6.07) is 7.40. The molecule has 2 atom stereocenters. The fourth-order valence-corrected chi connectivity index (χ4v) is 2.74. The molecule has 1 aliphatic rings. The number of anilines is 1. The van der Waals surface area contributed by atoms with E-state index >= 15 is 0 Å². The van der Waals surface area contributed by atoms with Crippen molar-refractivity contribution in [1.82, 2.24) is 0 Å². The van der Waals surface area contributed by atoms with E-state index < -0.39 is 0 Å². The minimum atomic E-state index is 0.0563. The quantitative estimate of drug-likeness (QED) is 0.875. The Morgan fingerprint density at radius 1 is 1.32 bits per heavy atom. The highest BCUT2D eigenvalue weighted by molar-refractivity contribution is 5.92. The minimum Gasteiger partial charge on any atom is -0.497 e. The van der Waals surface area contributed by atoms with Crippen LogP contribution in [-0.4, -0.2) is 19.6 Å². The van der Waals surface area contributed by atoms with E-state index in [1.54, 1.807) is 7.11 Å². The van der Waals surface area contributed by atoms with Gasteiger partial charge in [0, 0.05) is 11.6 Å². The van der Waals surface area contributed by atoms with Crippen LogP contribution in [0.15, 0.2) is 24.3 Å². The van der Waals surface area contributed by atoms with E-state index in [4.69, 9.17) is 10.5 Å². The Morgan fingerprint density at radius 3 is 2.63 bits per heavy atom. The van der Waals surface area contributed by atoms with E-state index in [1.807, 2.05) is 24.3 Å². The van der Waals surface area contributed by atoms with E-state index in [0.717, 1.165) is 30.7 Å². The molecule has 0 bridgehead atoms. The summed E-state index contributed by atoms with van der Waals surface area (Å²) in [5, 5.41) is 2.98. The summed E-state index contributed by atoms with van der Waals surface area (Å²) in [7, 11) is 1.63. The number of nitrogens with one attached hydrogen (secondary N) is 1. The van der Waals surface area contributed by atoms with E-state index in [1.165, 1.54) is 6.42 Å². The summed E-state index contributed by atoms with van der Waals surface area (Å²) < 4.78 is 5.10. The van der Waals surface area contributed by atoms with Gasteiger partial charge >= 0.3 is 0 Å². The van der Waals surface area contributed by atoms with Crippen molar-refractivity contribution in [2.24, 2.45) is 17.6 Å². The highest BCUT2D eigenvalue weighted by atomic mass is 16.5. The normalized spacial score (nSPS) is 22.8. The van der Waals surface area contributed by atoms with Crippen LogP contribution in [0.4, 0.5) is 5.69 Å². The fourth-order valence-electron chi connectivity index (χ4n) is 2.74. The number of amides is 1. The fraction of sp³-hybridized carbons (Fsp3) is 0.533. The molecule has 0 aliphatic heterocycles. The Bertz CT molecular complexity index is 417. The topological polar surface area (TPSA) is 64.3 Å². The molecule has 2 rings (SSSR count). The minimum absolute atomic E-state index is 0.0563. The lowest BCUT2D eigenvalue weighted by atomic mass is 9.78. The van der Waals surface area contributed by atoms with E-state index in [9.17, 15) is 4.79 Å². The van der Waals surface area contributed by atoms with Crippen LogP contribution < -0.4 is 15.8 Å². The average molecular weight is 262 g/mol. The number of carbonyl (C=O) groups excluding carboxylic acids is 1. The van der Waals surface area contributed by atoms with Crippen molar-refractivity contribution in [3.05, 3.63) is 24.3 Å². The van der Waals surface area contributed by atoms with Crippen molar-refractivity contribution in [1.29, 1.82) is 0 Å². The Kier molecular flexibility index (Phi) is 4.80. The van der Waals surface area contributed by atoms with Gasteiger partial charge in [-0.3, -0.25) is 4.79 Å². The predicted molar refractivity (Wildman–Crippen MR) is 76.1 cm³/mol. The monoisotopic (exact) mass is 262 g/mol. The van der Waals surface area contributed by atoms with Crippen molar-refractivity contribution in [2.75, 3.05) is 19.0 Å². The Labute approximate surface area is 114 Å². The van der Waals surface area contributed by atoms with Gasteiger partial charge in [-0.05, 0) is 49.6 Å². The maximum absolute atomic E-state index is 12.3. The number of carbonyl (C=O) groups is 1. The molecule has 1 aromatic rings. The molecular formula is C15H22N2O2. The molecule has 19 heavy (non-hydrogen) atoms. The number of ether oxygens (including phenoxy) is 1. The number of hydrogen-bond acceptors (Lipinski definition) is 3. The molecule has 0 aromatic heterocycles. The van der Waals surface area contributed by atoms with Crippen LogP contribution >= 0.6 is 0 Å². The first kappa shape index (κ1) is 13.9. The third-order valence-electron chi connectivity index (χ3n) is 3.91. The molecule has 3 N–H and O–H groups in total. The smallest absolute Gasteiger partial charge is 0.227 e. The lowest BCUT2D eigenvalue weighted by Crippen LogP contribution is -2.35. The van der Waals surface area contributed by atoms with Crippen molar-refractivity contribution < 1.29 is 9.53 Å². The summed E-state index contributed by atoms with van der Waals surface area (Å²) in [6.45, 7) is 0.598. The van der Waals surface area contributed by atoms with Crippen LogP contribution in [0.2, 0.25) is 0 Å². The molecule has 1 saturated carbocycles. The highest BCUT2D eigenvalue weighted by Gasteiger charge is 2.29. The van der Waals surface area contributed by atoms with Crippen LogP contribution in [0.25, 0.3) is 0 Å². The van der Waals surface area contributed by atoms with Gasteiger partial charge in [0.1, 0.15) is 5.75 Å². The molecule has 0 spiro atoms. The number of hydrogen-bond donors (Lipinski definition) is 2. The molecule has 0 heterocycles. The van der Waals surface area contributed by atoms with Crippen LogP contribution in [-0.2, 0) is 4.79 Å². The second-order valence-electron chi connectivity index (χ2n) is 5.10. The highest BCUT2D eigenvalue weighted by Crippen LogP contribution is 2.30. The maximum atomic E-state index is 12.3. The summed E-state index contributed by atoms with van der Waals surface area (Å²) in [4.78, 5) is 12.3. The number of nitrogens with two attached hydrogens (primary N) is 1. The van der Waals surface area contributed by atoms with Crippen LogP contribution in [0.3, 0.4) is 0 Å². The van der Waals surface area contributed by atoms with Gasteiger partial charge in [-0.1, -0.05) is 12.8 Å². The summed E-state index contributed by atoms with van der Waals surface area (Å²) in [5.41, 5.74) is 6.58. The van der Waals surface area contributed by atoms with Crippen molar-refractivity contribution in [3.63, 3.8) is 0 Å². The van der Waals surface area contributed by atoms with Crippen LogP contribution in [0.5, 0.6) is 5.75 Å². The first-order chi connectivity index (χ1) is 9.24. The van der Waals surface area contributed by atoms with Gasteiger partial charge in [0.25, 0.3) is 0 Å². The third-order valence-corrected chi connectivity index (χ3v) is 3.91. The molecule has 4 heteroatoms. The molecule has 1 aromatic carbocycles. The summed E-state index contributed by atoms with van der Waals surface area (Å²) in [6.07, 6.45) is 4.33. The Morgan fingerprint density at radius 2 is 2.00 bits per heavy atom. The summed E-state index contributed by atoms with van der Waals surface area (Å²) >= 11 is 0. The second-order valence-corrected chi connectivity index (χ2v) is 5.10. The number of rotatable bonds is 4. The molecular weight excluding hydrogens is 240 g/mol. The molecule has 0 radical (unpaired) electrons. The largest absolute Gasteiger partial charge is 0.497 e. The van der Waals surface area contributed by atoms with Crippen LogP contribution in [0.1, 0.15) is 25.7 Å². The lowest BCUT2D eigenvalue weighted by molar-refractivity contribution is -0.122. The van der Waals surface area contributed by atoms with Crippen LogP contribution in [0, 0.1) is 11.8 Å². The van der Waals surface area contributed by atoms with Gasteiger partial charge in [-0.15, -0.1) is 0 Å². The first-order valence-electron chi connectivity index (χ1n) is 6.89. The van der Waals surface area contributed by atoms with Gasteiger partial charge in [0.2, 0.25) is 5.91 Å². The molecule has 1 amide bonds. The first-order valence-corrected chi connectivity index (χ1v) is 6.89. The Hall–Kier alpha value is -1.55. The molecule has 1 fully saturated rings. The van der Waals surface area contributed by atoms with Gasteiger partial charge in [-0.2, -0.15) is 0 Å². The third kappa shape index (κ3) is 3.47. The predicted octanol–water partition coefficient (Wildman–Crippen LogP) is 2.40. The second kappa shape index (κ2) is 6.57. The van der Waals surface area contributed by atoms with Crippen molar-refractivity contribution in [2.45, 2.75) is 25.7 Å². The van der Waals surface area contributed by atoms with E-state index in [2.05, 4.69) is 5.32 Å². The SMILES string of the molecule is COc1ccc(NC(=O)C2CCCCC2CN)cc1. The zero-order valence-electron chi connectivity index (χ0n) is 11.4. The van der Waals surface area contributed by atoms with Gasteiger partial charge in [0.05, 0.1) is 7.11 Å².